The Morgan fingerprint density at radius 2 is 1.73 bits per heavy atom. The molecule has 0 unspecified atom stereocenters. The van der Waals surface area contributed by atoms with Gasteiger partial charge in [-0.2, -0.15) is 0 Å². The first-order valence-electron chi connectivity index (χ1n) is 13.3. The lowest BCUT2D eigenvalue weighted by atomic mass is 9.87. The van der Waals surface area contributed by atoms with Crippen molar-refractivity contribution < 1.29 is 23.8 Å². The first-order chi connectivity index (χ1) is 19.5. The van der Waals surface area contributed by atoms with Crippen molar-refractivity contribution in [3.05, 3.63) is 99.1 Å². The summed E-state index contributed by atoms with van der Waals surface area (Å²) in [5.74, 6) is 0.998. The lowest BCUT2D eigenvalue weighted by Crippen LogP contribution is -2.42. The van der Waals surface area contributed by atoms with E-state index in [1.54, 1.807) is 41.9 Å². The molecule has 204 valence electrons. The summed E-state index contributed by atoms with van der Waals surface area (Å²) in [6.07, 6.45) is 2.23. The number of aromatic nitrogens is 2. The number of fused-ring (bicyclic) bond motifs is 3. The molecule has 1 amide bonds. The second-order valence-electron chi connectivity index (χ2n) is 9.95. The number of benzene rings is 3. The number of ether oxygens (including phenoxy) is 3. The smallest absolute Gasteiger partial charge is 0.338 e. The topological polar surface area (TPSA) is 100.0 Å². The van der Waals surface area contributed by atoms with E-state index in [1.165, 1.54) is 0 Å². The molecule has 0 aliphatic carbocycles. The maximum Gasteiger partial charge on any atom is 0.338 e. The molecular formula is C31H29N3O6. The molecule has 0 N–H and O–H groups in total. The Balaban J connectivity index is 1.25. The zero-order chi connectivity index (χ0) is 27.8. The maximum absolute atomic E-state index is 13.5. The summed E-state index contributed by atoms with van der Waals surface area (Å²) in [4.78, 5) is 45.6. The molecule has 9 heteroatoms. The number of rotatable bonds is 6. The number of esters is 1. The summed E-state index contributed by atoms with van der Waals surface area (Å²) in [6.45, 7) is 0.699. The zero-order valence-electron chi connectivity index (χ0n) is 22.4. The van der Waals surface area contributed by atoms with Crippen LogP contribution in [0.3, 0.4) is 0 Å². The van der Waals surface area contributed by atoms with Crippen LogP contribution in [0.2, 0.25) is 0 Å². The Labute approximate surface area is 230 Å². The van der Waals surface area contributed by atoms with Gasteiger partial charge < -0.3 is 19.1 Å². The molecular weight excluding hydrogens is 510 g/mol. The molecule has 40 heavy (non-hydrogen) atoms. The SMILES string of the molecule is COc1cc2c(cc1OC)[C@@H](c1ccccc1)N(C(=O)COC(=O)c1ccc3c(=O)n4c(nc3c1)CCC4)CC2. The average molecular weight is 540 g/mol. The van der Waals surface area contributed by atoms with Crippen LogP contribution in [0, 0.1) is 0 Å². The van der Waals surface area contributed by atoms with Crippen LogP contribution >= 0.6 is 0 Å². The van der Waals surface area contributed by atoms with Crippen LogP contribution in [0.5, 0.6) is 11.5 Å². The third-order valence-electron chi connectivity index (χ3n) is 7.69. The van der Waals surface area contributed by atoms with Gasteiger partial charge in [-0.1, -0.05) is 30.3 Å². The lowest BCUT2D eigenvalue weighted by Gasteiger charge is -2.38. The predicted molar refractivity (Wildman–Crippen MR) is 148 cm³/mol. The number of amides is 1. The number of nitrogens with zero attached hydrogens (tertiary/aromatic N) is 3. The van der Waals surface area contributed by atoms with Crippen LogP contribution in [-0.2, 0) is 28.9 Å². The average Bonchev–Trinajstić information content (AvgIpc) is 3.47. The maximum atomic E-state index is 13.5. The Morgan fingerprint density at radius 1 is 0.950 bits per heavy atom. The third kappa shape index (κ3) is 4.47. The molecule has 0 fully saturated rings. The zero-order valence-corrected chi connectivity index (χ0v) is 22.4. The van der Waals surface area contributed by atoms with Crippen molar-refractivity contribution in [1.29, 1.82) is 0 Å². The van der Waals surface area contributed by atoms with E-state index in [0.717, 1.165) is 35.4 Å². The van der Waals surface area contributed by atoms with E-state index in [2.05, 4.69) is 4.98 Å². The normalized spacial score (nSPS) is 15.8. The van der Waals surface area contributed by atoms with Crippen LogP contribution < -0.4 is 15.0 Å². The van der Waals surface area contributed by atoms with Crippen molar-refractivity contribution in [2.45, 2.75) is 31.8 Å². The van der Waals surface area contributed by atoms with E-state index in [9.17, 15) is 14.4 Å². The van der Waals surface area contributed by atoms with E-state index in [-0.39, 0.29) is 23.1 Å². The summed E-state index contributed by atoms with van der Waals surface area (Å²) in [6, 6.07) is 17.9. The van der Waals surface area contributed by atoms with Gasteiger partial charge in [0.25, 0.3) is 11.5 Å². The molecule has 0 radical (unpaired) electrons. The molecule has 9 nitrogen and oxygen atoms in total. The van der Waals surface area contributed by atoms with Gasteiger partial charge in [0.15, 0.2) is 18.1 Å². The van der Waals surface area contributed by atoms with E-state index in [0.29, 0.717) is 41.9 Å². The minimum atomic E-state index is -0.641. The highest BCUT2D eigenvalue weighted by Crippen LogP contribution is 2.41. The van der Waals surface area contributed by atoms with Gasteiger partial charge >= 0.3 is 5.97 Å². The van der Waals surface area contributed by atoms with Crippen molar-refractivity contribution >= 4 is 22.8 Å². The molecule has 1 atom stereocenters. The highest BCUT2D eigenvalue weighted by molar-refractivity contribution is 5.95. The first-order valence-corrected chi connectivity index (χ1v) is 13.3. The molecule has 0 bridgehead atoms. The van der Waals surface area contributed by atoms with E-state index < -0.39 is 12.6 Å². The summed E-state index contributed by atoms with van der Waals surface area (Å²) in [7, 11) is 3.18. The van der Waals surface area contributed by atoms with Gasteiger partial charge in [0.1, 0.15) is 5.82 Å². The van der Waals surface area contributed by atoms with Gasteiger partial charge in [-0.3, -0.25) is 14.2 Å². The minimum absolute atomic E-state index is 0.0980. The third-order valence-corrected chi connectivity index (χ3v) is 7.69. The van der Waals surface area contributed by atoms with Gasteiger partial charge in [-0.15, -0.1) is 0 Å². The fourth-order valence-electron chi connectivity index (χ4n) is 5.71. The van der Waals surface area contributed by atoms with Crippen molar-refractivity contribution in [2.24, 2.45) is 0 Å². The van der Waals surface area contributed by atoms with Crippen molar-refractivity contribution in [1.82, 2.24) is 14.5 Å². The molecule has 1 aromatic heterocycles. The standard InChI is InChI=1S/C31H29N3O6/c1-38-25-16-20-12-14-34(29(19-7-4-3-5-8-19)23(20)17-26(25)39-2)28(35)18-40-31(37)21-10-11-22-24(15-21)32-27-9-6-13-33(27)30(22)36/h3-5,7-8,10-11,15-17,29H,6,9,12-14,18H2,1-2H3/t29-/m1/s1. The molecule has 3 aromatic carbocycles. The molecule has 4 aromatic rings. The van der Waals surface area contributed by atoms with Crippen LogP contribution in [-0.4, -0.2) is 53.7 Å². The molecule has 6 rings (SSSR count). The molecule has 0 saturated carbocycles. The van der Waals surface area contributed by atoms with E-state index in [1.807, 2.05) is 42.5 Å². The summed E-state index contributed by atoms with van der Waals surface area (Å²) in [5, 5.41) is 0.461. The monoisotopic (exact) mass is 539 g/mol. The van der Waals surface area contributed by atoms with Gasteiger partial charge in [-0.05, 0) is 59.9 Å². The Morgan fingerprint density at radius 3 is 2.50 bits per heavy atom. The Hall–Kier alpha value is -4.66. The summed E-state index contributed by atoms with van der Waals surface area (Å²) in [5.41, 5.74) is 3.55. The molecule has 0 saturated heterocycles. The molecule has 2 aliphatic heterocycles. The minimum Gasteiger partial charge on any atom is -0.493 e. The Bertz CT molecular complexity index is 1680. The predicted octanol–water partition coefficient (Wildman–Crippen LogP) is 3.69. The van der Waals surface area contributed by atoms with Crippen LogP contribution in [0.4, 0.5) is 0 Å². The van der Waals surface area contributed by atoms with Gasteiger partial charge in [0.05, 0.1) is 36.7 Å². The lowest BCUT2D eigenvalue weighted by molar-refractivity contribution is -0.136. The van der Waals surface area contributed by atoms with Crippen molar-refractivity contribution in [3.63, 3.8) is 0 Å². The number of carbonyl (C=O) groups excluding carboxylic acids is 2. The highest BCUT2D eigenvalue weighted by Gasteiger charge is 2.34. The van der Waals surface area contributed by atoms with Gasteiger partial charge in [0.2, 0.25) is 0 Å². The number of methoxy groups -OCH3 is 2. The quantitative estimate of drug-likeness (QED) is 0.345. The van der Waals surface area contributed by atoms with Crippen molar-refractivity contribution in [2.75, 3.05) is 27.4 Å². The second-order valence-corrected chi connectivity index (χ2v) is 9.95. The number of hydrogen-bond acceptors (Lipinski definition) is 7. The fraction of sp³-hybridized carbons (Fsp3) is 0.290. The number of carbonyl (C=O) groups is 2. The van der Waals surface area contributed by atoms with Gasteiger partial charge in [0, 0.05) is 19.5 Å². The molecule has 2 aliphatic rings. The van der Waals surface area contributed by atoms with E-state index >= 15 is 0 Å². The molecule has 0 spiro atoms. The number of hydrogen-bond donors (Lipinski definition) is 0. The van der Waals surface area contributed by atoms with Crippen LogP contribution in [0.1, 0.15) is 45.3 Å². The van der Waals surface area contributed by atoms with Crippen LogP contribution in [0.25, 0.3) is 10.9 Å². The number of aryl methyl sites for hydroxylation is 1. The molecule has 3 heterocycles. The summed E-state index contributed by atoms with van der Waals surface area (Å²) >= 11 is 0. The van der Waals surface area contributed by atoms with E-state index in [4.69, 9.17) is 14.2 Å². The highest BCUT2D eigenvalue weighted by atomic mass is 16.5. The Kier molecular flexibility index (Phi) is 6.71. The first kappa shape index (κ1) is 25.6. The second kappa shape index (κ2) is 10.5. The van der Waals surface area contributed by atoms with Gasteiger partial charge in [-0.25, -0.2) is 9.78 Å². The fourth-order valence-corrected chi connectivity index (χ4v) is 5.71. The van der Waals surface area contributed by atoms with Crippen molar-refractivity contribution in [3.8, 4) is 11.5 Å². The van der Waals surface area contributed by atoms with Crippen LogP contribution in [0.15, 0.2) is 65.5 Å². The summed E-state index contributed by atoms with van der Waals surface area (Å²) < 4.78 is 18.2. The largest absolute Gasteiger partial charge is 0.493 e.